The minimum Gasteiger partial charge on any atom is -0.335 e. The largest absolute Gasteiger partial charge is 0.335 e. The second kappa shape index (κ2) is 3.45. The van der Waals surface area contributed by atoms with Gasteiger partial charge in [-0.25, -0.2) is 8.42 Å². The monoisotopic (exact) mass is 295 g/mol. The molecule has 2 rings (SSSR count). The van der Waals surface area contributed by atoms with E-state index in [-0.39, 0.29) is 22.2 Å². The number of halogens is 1. The summed E-state index contributed by atoms with van der Waals surface area (Å²) >= 11 is 3.30. The second-order valence-corrected chi connectivity index (χ2v) is 7.87. The Morgan fingerprint density at radius 3 is 2.60 bits per heavy atom. The lowest BCUT2D eigenvalue weighted by atomic mass is 10.00. The van der Waals surface area contributed by atoms with Gasteiger partial charge in [-0.05, 0) is 19.8 Å². The Bertz CT molecular complexity index is 394. The van der Waals surface area contributed by atoms with E-state index in [0.717, 1.165) is 6.42 Å². The Labute approximate surface area is 98.1 Å². The van der Waals surface area contributed by atoms with E-state index < -0.39 is 15.4 Å². The van der Waals surface area contributed by atoms with E-state index in [4.69, 9.17) is 0 Å². The van der Waals surface area contributed by atoms with Crippen LogP contribution in [-0.4, -0.2) is 47.6 Å². The Kier molecular flexibility index (Phi) is 2.62. The molecule has 2 aliphatic heterocycles. The van der Waals surface area contributed by atoms with Crippen molar-refractivity contribution in [3.05, 3.63) is 0 Å². The van der Waals surface area contributed by atoms with E-state index in [9.17, 15) is 13.2 Å². The highest BCUT2D eigenvalue weighted by Gasteiger charge is 2.47. The van der Waals surface area contributed by atoms with Gasteiger partial charge in [0, 0.05) is 6.54 Å². The van der Waals surface area contributed by atoms with Crippen LogP contribution in [0.5, 0.6) is 0 Å². The standard InChI is InChI=1S/C9H14BrNO3S/c1-9(3-5-15(13,14)6-9)11-4-2-7(10)8(11)12/h7H,2-6H2,1H3. The molecule has 4 nitrogen and oxygen atoms in total. The maximum atomic E-state index is 11.8. The normalized spacial score (nSPS) is 40.0. The Hall–Kier alpha value is -0.100. The van der Waals surface area contributed by atoms with Crippen LogP contribution in [0.15, 0.2) is 0 Å². The van der Waals surface area contributed by atoms with Gasteiger partial charge in [0.05, 0.1) is 21.9 Å². The molecule has 0 radical (unpaired) electrons. The lowest BCUT2D eigenvalue weighted by Gasteiger charge is -2.34. The molecule has 1 amide bonds. The molecule has 0 aromatic carbocycles. The molecule has 2 unspecified atom stereocenters. The lowest BCUT2D eigenvalue weighted by molar-refractivity contribution is -0.131. The van der Waals surface area contributed by atoms with Gasteiger partial charge in [-0.2, -0.15) is 0 Å². The van der Waals surface area contributed by atoms with Gasteiger partial charge in [-0.15, -0.1) is 0 Å². The molecule has 0 N–H and O–H groups in total. The topological polar surface area (TPSA) is 54.5 Å². The molecule has 2 saturated heterocycles. The van der Waals surface area contributed by atoms with Crippen LogP contribution >= 0.6 is 15.9 Å². The Morgan fingerprint density at radius 1 is 1.53 bits per heavy atom. The summed E-state index contributed by atoms with van der Waals surface area (Å²) in [6.07, 6.45) is 1.34. The first-order valence-electron chi connectivity index (χ1n) is 5.00. The summed E-state index contributed by atoms with van der Waals surface area (Å²) in [4.78, 5) is 13.4. The first kappa shape index (κ1) is 11.4. The number of likely N-dealkylation sites (tertiary alicyclic amines) is 1. The maximum absolute atomic E-state index is 11.8. The van der Waals surface area contributed by atoms with Gasteiger partial charge < -0.3 is 4.90 Å². The zero-order chi connectivity index (χ0) is 11.3. The summed E-state index contributed by atoms with van der Waals surface area (Å²) in [6, 6.07) is 0. The second-order valence-electron chi connectivity index (χ2n) is 4.59. The summed E-state index contributed by atoms with van der Waals surface area (Å²) < 4.78 is 22.9. The number of amides is 1. The molecule has 0 aliphatic carbocycles. The SMILES string of the molecule is CC1(N2CCC(Br)C2=O)CCS(=O)(=O)C1. The predicted molar refractivity (Wildman–Crippen MR) is 60.7 cm³/mol. The molecule has 6 heteroatoms. The predicted octanol–water partition coefficient (Wildman–Crippen LogP) is 0.559. The van der Waals surface area contributed by atoms with Gasteiger partial charge in [-0.1, -0.05) is 15.9 Å². The van der Waals surface area contributed by atoms with E-state index in [1.165, 1.54) is 0 Å². The van der Waals surface area contributed by atoms with Gasteiger partial charge in [-0.3, -0.25) is 4.79 Å². The van der Waals surface area contributed by atoms with Crippen LogP contribution in [0, 0.1) is 0 Å². The zero-order valence-electron chi connectivity index (χ0n) is 8.57. The number of rotatable bonds is 1. The molecule has 0 aromatic rings. The van der Waals surface area contributed by atoms with Gasteiger partial charge >= 0.3 is 0 Å². The van der Waals surface area contributed by atoms with Crippen molar-refractivity contribution in [3.63, 3.8) is 0 Å². The zero-order valence-corrected chi connectivity index (χ0v) is 11.0. The number of hydrogen-bond acceptors (Lipinski definition) is 3. The van der Waals surface area contributed by atoms with Crippen LogP contribution in [0.25, 0.3) is 0 Å². The highest BCUT2D eigenvalue weighted by molar-refractivity contribution is 9.10. The van der Waals surface area contributed by atoms with Crippen LogP contribution in [0.3, 0.4) is 0 Å². The van der Waals surface area contributed by atoms with Crippen molar-refractivity contribution in [1.29, 1.82) is 0 Å². The van der Waals surface area contributed by atoms with Crippen molar-refractivity contribution in [2.45, 2.75) is 30.1 Å². The average molecular weight is 296 g/mol. The van der Waals surface area contributed by atoms with E-state index >= 15 is 0 Å². The first-order valence-corrected chi connectivity index (χ1v) is 7.74. The van der Waals surface area contributed by atoms with Crippen LogP contribution in [0.2, 0.25) is 0 Å². The molecule has 2 fully saturated rings. The Balaban J connectivity index is 2.22. The molecular weight excluding hydrogens is 282 g/mol. The molecule has 0 saturated carbocycles. The number of hydrogen-bond donors (Lipinski definition) is 0. The number of carbonyl (C=O) groups is 1. The number of alkyl halides is 1. The fourth-order valence-electron chi connectivity index (χ4n) is 2.39. The van der Waals surface area contributed by atoms with Crippen molar-refractivity contribution in [2.24, 2.45) is 0 Å². The first-order chi connectivity index (χ1) is 6.84. The fourth-order valence-corrected chi connectivity index (χ4v) is 4.98. The summed E-state index contributed by atoms with van der Waals surface area (Å²) in [7, 11) is -2.94. The van der Waals surface area contributed by atoms with Crippen LogP contribution < -0.4 is 0 Å². The van der Waals surface area contributed by atoms with Crippen LogP contribution in [-0.2, 0) is 14.6 Å². The molecule has 0 spiro atoms. The van der Waals surface area contributed by atoms with E-state index in [1.807, 2.05) is 6.92 Å². The van der Waals surface area contributed by atoms with E-state index in [2.05, 4.69) is 15.9 Å². The fraction of sp³-hybridized carbons (Fsp3) is 0.889. The molecular formula is C9H14BrNO3S. The van der Waals surface area contributed by atoms with Crippen molar-refractivity contribution < 1.29 is 13.2 Å². The van der Waals surface area contributed by atoms with Crippen LogP contribution in [0.4, 0.5) is 0 Å². The summed E-state index contributed by atoms with van der Waals surface area (Å²) in [5.74, 6) is 0.362. The summed E-state index contributed by atoms with van der Waals surface area (Å²) in [6.45, 7) is 2.54. The molecule has 15 heavy (non-hydrogen) atoms. The Morgan fingerprint density at radius 2 is 2.20 bits per heavy atom. The van der Waals surface area contributed by atoms with Crippen molar-refractivity contribution in [3.8, 4) is 0 Å². The number of sulfone groups is 1. The maximum Gasteiger partial charge on any atom is 0.236 e. The molecule has 2 atom stereocenters. The quantitative estimate of drug-likeness (QED) is 0.664. The van der Waals surface area contributed by atoms with E-state index in [1.54, 1.807) is 4.90 Å². The third kappa shape index (κ3) is 1.93. The van der Waals surface area contributed by atoms with Crippen LogP contribution in [0.1, 0.15) is 19.8 Å². The minimum atomic E-state index is -2.94. The molecule has 2 aliphatic rings. The summed E-state index contributed by atoms with van der Waals surface area (Å²) in [5, 5.41) is 0. The summed E-state index contributed by atoms with van der Waals surface area (Å²) in [5.41, 5.74) is -0.474. The van der Waals surface area contributed by atoms with Gasteiger partial charge in [0.25, 0.3) is 0 Å². The highest BCUT2D eigenvalue weighted by Crippen LogP contribution is 2.34. The molecule has 0 bridgehead atoms. The molecule has 86 valence electrons. The average Bonchev–Trinajstić information content (AvgIpc) is 2.57. The van der Waals surface area contributed by atoms with Crippen molar-refractivity contribution >= 4 is 31.7 Å². The smallest absolute Gasteiger partial charge is 0.236 e. The van der Waals surface area contributed by atoms with E-state index in [0.29, 0.717) is 13.0 Å². The van der Waals surface area contributed by atoms with Crippen molar-refractivity contribution in [2.75, 3.05) is 18.1 Å². The lowest BCUT2D eigenvalue weighted by Crippen LogP contribution is -2.48. The number of nitrogens with zero attached hydrogens (tertiary/aromatic N) is 1. The minimum absolute atomic E-state index is 0.0367. The number of carbonyl (C=O) groups excluding carboxylic acids is 1. The highest BCUT2D eigenvalue weighted by atomic mass is 79.9. The van der Waals surface area contributed by atoms with Crippen molar-refractivity contribution in [1.82, 2.24) is 4.90 Å². The third-order valence-electron chi connectivity index (χ3n) is 3.27. The molecule has 0 aromatic heterocycles. The van der Waals surface area contributed by atoms with Gasteiger partial charge in [0.15, 0.2) is 9.84 Å². The van der Waals surface area contributed by atoms with Gasteiger partial charge in [0.1, 0.15) is 0 Å². The third-order valence-corrected chi connectivity index (χ3v) is 6.01. The molecule has 2 heterocycles. The van der Waals surface area contributed by atoms with Gasteiger partial charge in [0.2, 0.25) is 5.91 Å².